The molecule has 19 heavy (non-hydrogen) atoms. The van der Waals surface area contributed by atoms with E-state index in [1.54, 1.807) is 0 Å². The lowest BCUT2D eigenvalue weighted by atomic mass is 9.94. The van der Waals surface area contributed by atoms with Gasteiger partial charge in [-0.05, 0) is 25.1 Å². The van der Waals surface area contributed by atoms with Crippen LogP contribution in [0.2, 0.25) is 0 Å². The van der Waals surface area contributed by atoms with Gasteiger partial charge in [0, 0.05) is 23.9 Å². The number of hydrogen-bond acceptors (Lipinski definition) is 3. The molecule has 1 aliphatic heterocycles. The maximum Gasteiger partial charge on any atom is 0.184 e. The van der Waals surface area contributed by atoms with Crippen LogP contribution in [0.5, 0.6) is 0 Å². The molecule has 2 aromatic rings. The molecular weight excluding hydrogens is 240 g/mol. The number of hydrogen-bond donors (Lipinski definition) is 1. The van der Waals surface area contributed by atoms with E-state index < -0.39 is 0 Å². The summed E-state index contributed by atoms with van der Waals surface area (Å²) in [7, 11) is 1.90. The molecule has 1 aromatic carbocycles. The molecular formula is C15H16N2O2. The van der Waals surface area contributed by atoms with Crippen molar-refractivity contribution in [1.29, 1.82) is 0 Å². The van der Waals surface area contributed by atoms with Gasteiger partial charge in [-0.15, -0.1) is 0 Å². The first-order chi connectivity index (χ1) is 9.22. The largest absolute Gasteiger partial charge is 0.341 e. The van der Waals surface area contributed by atoms with Gasteiger partial charge in [-0.3, -0.25) is 4.79 Å². The van der Waals surface area contributed by atoms with Gasteiger partial charge in [0.15, 0.2) is 5.78 Å². The summed E-state index contributed by atoms with van der Waals surface area (Å²) >= 11 is 0. The Bertz CT molecular complexity index is 645. The number of aromatic nitrogens is 1. The van der Waals surface area contributed by atoms with Gasteiger partial charge in [0.25, 0.3) is 0 Å². The van der Waals surface area contributed by atoms with Crippen molar-refractivity contribution in [3.05, 3.63) is 36.0 Å². The summed E-state index contributed by atoms with van der Waals surface area (Å²) in [5.74, 6) is -0.179. The van der Waals surface area contributed by atoms with Crippen molar-refractivity contribution in [3.8, 4) is 0 Å². The Kier molecular flexibility index (Phi) is 2.95. The Morgan fingerprint density at radius 1 is 1.42 bits per heavy atom. The van der Waals surface area contributed by atoms with Crippen molar-refractivity contribution in [2.24, 2.45) is 13.0 Å². The summed E-state index contributed by atoms with van der Waals surface area (Å²) in [6.45, 7) is 0.726. The Morgan fingerprint density at radius 3 is 2.95 bits per heavy atom. The van der Waals surface area contributed by atoms with Gasteiger partial charge in [0.2, 0.25) is 0 Å². The highest BCUT2D eigenvalue weighted by Gasteiger charge is 2.34. The first kappa shape index (κ1) is 12.1. The number of Topliss-reactive ketones (excluding diaryl/α,β-unsaturated/α-hetero) is 1. The van der Waals surface area contributed by atoms with Crippen LogP contribution in [0.4, 0.5) is 0 Å². The Morgan fingerprint density at radius 2 is 2.21 bits per heavy atom. The Balaban J connectivity index is 2.02. The zero-order valence-corrected chi connectivity index (χ0v) is 10.8. The number of aryl methyl sites for hydroxylation is 1. The van der Waals surface area contributed by atoms with E-state index in [0.717, 1.165) is 30.2 Å². The number of nitrogens with zero attached hydrogens (tertiary/aromatic N) is 1. The lowest BCUT2D eigenvalue weighted by Crippen LogP contribution is -2.33. The number of carbonyl (C=O) groups is 2. The molecule has 4 nitrogen and oxygen atoms in total. The van der Waals surface area contributed by atoms with Gasteiger partial charge in [0.1, 0.15) is 6.29 Å². The third-order valence-electron chi connectivity index (χ3n) is 3.96. The lowest BCUT2D eigenvalue weighted by Gasteiger charge is -2.13. The molecule has 0 aliphatic carbocycles. The third-order valence-corrected chi connectivity index (χ3v) is 3.96. The number of aldehydes is 1. The minimum atomic E-state index is -0.342. The zero-order valence-electron chi connectivity index (χ0n) is 10.8. The van der Waals surface area contributed by atoms with E-state index in [0.29, 0.717) is 5.69 Å². The standard InChI is InChI=1S/C15H16N2O2/c1-17-13-5-3-2-4-10(13)8-14(17)15(19)11-6-7-16-12(11)9-18/h2-5,8-9,11-12,16H,6-7H2,1H3/t11-,12?/m0/s1. The first-order valence-electron chi connectivity index (χ1n) is 6.49. The smallest absolute Gasteiger partial charge is 0.184 e. The topological polar surface area (TPSA) is 51.1 Å². The predicted molar refractivity (Wildman–Crippen MR) is 73.2 cm³/mol. The van der Waals surface area contributed by atoms with Crippen LogP contribution in [-0.4, -0.2) is 29.2 Å². The highest BCUT2D eigenvalue weighted by Crippen LogP contribution is 2.24. The second-order valence-corrected chi connectivity index (χ2v) is 5.02. The SMILES string of the molecule is Cn1c(C(=O)[C@H]2CCNC2C=O)cc2ccccc21. The van der Waals surface area contributed by atoms with Crippen molar-refractivity contribution in [3.63, 3.8) is 0 Å². The van der Waals surface area contributed by atoms with E-state index in [9.17, 15) is 9.59 Å². The average molecular weight is 256 g/mol. The van der Waals surface area contributed by atoms with Crippen LogP contribution in [0.25, 0.3) is 10.9 Å². The van der Waals surface area contributed by atoms with Crippen LogP contribution in [0.1, 0.15) is 16.9 Å². The summed E-state index contributed by atoms with van der Waals surface area (Å²) in [6, 6.07) is 9.49. The van der Waals surface area contributed by atoms with Gasteiger partial charge in [0.05, 0.1) is 11.7 Å². The molecule has 0 bridgehead atoms. The fourth-order valence-corrected chi connectivity index (χ4v) is 2.88. The van der Waals surface area contributed by atoms with Crippen LogP contribution in [0, 0.1) is 5.92 Å². The molecule has 2 heterocycles. The molecule has 1 saturated heterocycles. The number of ketones is 1. The number of carbonyl (C=O) groups excluding carboxylic acids is 2. The van der Waals surface area contributed by atoms with Crippen molar-refractivity contribution in [2.75, 3.05) is 6.54 Å². The van der Waals surface area contributed by atoms with Crippen LogP contribution >= 0.6 is 0 Å². The van der Waals surface area contributed by atoms with Crippen LogP contribution < -0.4 is 5.32 Å². The van der Waals surface area contributed by atoms with E-state index in [1.165, 1.54) is 0 Å². The second-order valence-electron chi connectivity index (χ2n) is 5.02. The molecule has 1 N–H and O–H groups in total. The minimum absolute atomic E-state index is 0.0563. The van der Waals surface area contributed by atoms with E-state index in [4.69, 9.17) is 0 Å². The summed E-state index contributed by atoms with van der Waals surface area (Å²) in [5, 5.41) is 4.12. The average Bonchev–Trinajstić information content (AvgIpc) is 3.03. The highest BCUT2D eigenvalue weighted by atomic mass is 16.1. The quantitative estimate of drug-likeness (QED) is 0.669. The van der Waals surface area contributed by atoms with E-state index in [-0.39, 0.29) is 17.7 Å². The molecule has 2 atom stereocenters. The molecule has 0 spiro atoms. The van der Waals surface area contributed by atoms with E-state index in [1.807, 2.05) is 41.9 Å². The van der Waals surface area contributed by atoms with Gasteiger partial charge < -0.3 is 14.7 Å². The van der Waals surface area contributed by atoms with Gasteiger partial charge in [-0.1, -0.05) is 18.2 Å². The summed E-state index contributed by atoms with van der Waals surface area (Å²) < 4.78 is 1.91. The highest BCUT2D eigenvalue weighted by molar-refractivity contribution is 6.02. The van der Waals surface area contributed by atoms with E-state index in [2.05, 4.69) is 5.32 Å². The minimum Gasteiger partial charge on any atom is -0.341 e. The van der Waals surface area contributed by atoms with Gasteiger partial charge in [-0.2, -0.15) is 0 Å². The summed E-state index contributed by atoms with van der Waals surface area (Å²) in [5.41, 5.74) is 1.72. The summed E-state index contributed by atoms with van der Waals surface area (Å²) in [6.07, 6.45) is 1.57. The maximum absolute atomic E-state index is 12.6. The van der Waals surface area contributed by atoms with Crippen molar-refractivity contribution < 1.29 is 9.59 Å². The molecule has 4 heteroatoms. The summed E-state index contributed by atoms with van der Waals surface area (Å²) in [4.78, 5) is 23.6. The van der Waals surface area contributed by atoms with Crippen molar-refractivity contribution in [1.82, 2.24) is 9.88 Å². The zero-order chi connectivity index (χ0) is 13.4. The van der Waals surface area contributed by atoms with Crippen LogP contribution in [0.15, 0.2) is 30.3 Å². The van der Waals surface area contributed by atoms with Crippen LogP contribution in [-0.2, 0) is 11.8 Å². The molecule has 98 valence electrons. The molecule has 0 saturated carbocycles. The van der Waals surface area contributed by atoms with Crippen molar-refractivity contribution in [2.45, 2.75) is 12.5 Å². The molecule has 1 aliphatic rings. The third kappa shape index (κ3) is 1.88. The molecule has 0 radical (unpaired) electrons. The van der Waals surface area contributed by atoms with E-state index >= 15 is 0 Å². The Hall–Kier alpha value is -1.94. The van der Waals surface area contributed by atoms with Gasteiger partial charge in [-0.25, -0.2) is 0 Å². The maximum atomic E-state index is 12.6. The Labute approximate surface area is 111 Å². The fraction of sp³-hybridized carbons (Fsp3) is 0.333. The number of para-hydroxylation sites is 1. The second kappa shape index (κ2) is 4.63. The fourth-order valence-electron chi connectivity index (χ4n) is 2.88. The number of nitrogens with one attached hydrogen (secondary N) is 1. The first-order valence-corrected chi connectivity index (χ1v) is 6.49. The number of rotatable bonds is 3. The monoisotopic (exact) mass is 256 g/mol. The lowest BCUT2D eigenvalue weighted by molar-refractivity contribution is -0.109. The number of fused-ring (bicyclic) bond motifs is 1. The van der Waals surface area contributed by atoms with Crippen LogP contribution in [0.3, 0.4) is 0 Å². The van der Waals surface area contributed by atoms with Gasteiger partial charge >= 0.3 is 0 Å². The molecule has 1 unspecified atom stereocenters. The van der Waals surface area contributed by atoms with Crippen molar-refractivity contribution >= 4 is 23.0 Å². The molecule has 1 fully saturated rings. The predicted octanol–water partition coefficient (Wildman–Crippen LogP) is 1.54. The molecule has 0 amide bonds. The molecule has 1 aromatic heterocycles. The molecule has 3 rings (SSSR count). The number of benzene rings is 1. The normalized spacial score (nSPS) is 22.8.